The van der Waals surface area contributed by atoms with Crippen molar-refractivity contribution >= 4 is 17.6 Å². The Morgan fingerprint density at radius 1 is 1.35 bits per heavy atom. The van der Waals surface area contributed by atoms with Crippen LogP contribution in [0.4, 0.5) is 5.69 Å². The van der Waals surface area contributed by atoms with Gasteiger partial charge < -0.3 is 9.84 Å². The van der Waals surface area contributed by atoms with Crippen molar-refractivity contribution in [2.24, 2.45) is 11.3 Å². The Morgan fingerprint density at radius 3 is 2.43 bits per heavy atom. The van der Waals surface area contributed by atoms with Crippen molar-refractivity contribution in [3.05, 3.63) is 39.9 Å². The lowest BCUT2D eigenvalue weighted by atomic mass is 9.61. The maximum atomic E-state index is 12.3. The van der Waals surface area contributed by atoms with Gasteiger partial charge in [0.05, 0.1) is 12.0 Å². The van der Waals surface area contributed by atoms with Crippen LogP contribution in [0, 0.1) is 21.4 Å². The number of hydrogen-bond donors (Lipinski definition) is 1. The Hall–Kier alpha value is -2.44. The average Bonchev–Trinajstić information content (AvgIpc) is 2.54. The lowest BCUT2D eigenvalue weighted by Gasteiger charge is -2.41. The van der Waals surface area contributed by atoms with Crippen molar-refractivity contribution in [3.63, 3.8) is 0 Å². The van der Waals surface area contributed by atoms with Crippen molar-refractivity contribution in [2.45, 2.75) is 32.1 Å². The van der Waals surface area contributed by atoms with Gasteiger partial charge in [0.1, 0.15) is 0 Å². The minimum Gasteiger partial charge on any atom is -0.480 e. The second kappa shape index (κ2) is 6.36. The summed E-state index contributed by atoms with van der Waals surface area (Å²) in [6.07, 6.45) is 1.32. The van der Waals surface area contributed by atoms with Crippen molar-refractivity contribution < 1.29 is 24.4 Å². The zero-order valence-electron chi connectivity index (χ0n) is 13.0. The highest BCUT2D eigenvalue weighted by Crippen LogP contribution is 2.50. The highest BCUT2D eigenvalue weighted by Gasteiger charge is 2.56. The van der Waals surface area contributed by atoms with E-state index in [0.717, 1.165) is 0 Å². The van der Waals surface area contributed by atoms with Crippen LogP contribution in [0.15, 0.2) is 24.3 Å². The Labute approximate surface area is 133 Å². The van der Waals surface area contributed by atoms with Gasteiger partial charge in [-0.3, -0.25) is 19.7 Å². The molecule has 1 saturated carbocycles. The number of esters is 1. The molecule has 1 aromatic carbocycles. The van der Waals surface area contributed by atoms with Crippen molar-refractivity contribution in [1.82, 2.24) is 0 Å². The maximum absolute atomic E-state index is 12.3. The van der Waals surface area contributed by atoms with Gasteiger partial charge in [-0.05, 0) is 30.7 Å². The summed E-state index contributed by atoms with van der Waals surface area (Å²) in [6, 6.07) is 5.72. The van der Waals surface area contributed by atoms with Crippen LogP contribution in [0.1, 0.15) is 37.7 Å². The molecule has 0 aromatic heterocycles. The smallest absolute Gasteiger partial charge is 0.323 e. The van der Waals surface area contributed by atoms with Gasteiger partial charge >= 0.3 is 11.9 Å². The number of nitro groups is 1. The fraction of sp³-hybridized carbons (Fsp3) is 0.500. The van der Waals surface area contributed by atoms with E-state index >= 15 is 0 Å². The molecule has 1 aliphatic carbocycles. The second-order valence-corrected chi connectivity index (χ2v) is 6.05. The molecule has 124 valence electrons. The van der Waals surface area contributed by atoms with Crippen molar-refractivity contribution in [1.29, 1.82) is 0 Å². The van der Waals surface area contributed by atoms with Crippen molar-refractivity contribution in [3.8, 4) is 0 Å². The number of non-ortho nitro benzene ring substituents is 1. The molecule has 1 aliphatic rings. The molecule has 2 rings (SSSR count). The molecule has 1 fully saturated rings. The molecular weight excluding hydrogens is 302 g/mol. The summed E-state index contributed by atoms with van der Waals surface area (Å²) >= 11 is 0. The molecule has 7 heteroatoms. The molecule has 0 saturated heterocycles. The fourth-order valence-corrected chi connectivity index (χ4v) is 3.39. The molecule has 3 unspecified atom stereocenters. The second-order valence-electron chi connectivity index (χ2n) is 6.05. The Bertz CT molecular complexity index is 626. The van der Waals surface area contributed by atoms with E-state index in [0.29, 0.717) is 18.4 Å². The van der Waals surface area contributed by atoms with Gasteiger partial charge in [-0.2, -0.15) is 0 Å². The van der Waals surface area contributed by atoms with E-state index in [1.165, 1.54) is 31.4 Å². The zero-order valence-corrected chi connectivity index (χ0v) is 13.0. The first-order valence-corrected chi connectivity index (χ1v) is 7.39. The third-order valence-corrected chi connectivity index (χ3v) is 4.70. The first-order chi connectivity index (χ1) is 10.8. The number of nitro benzene ring substituents is 1. The van der Waals surface area contributed by atoms with Crippen LogP contribution in [-0.2, 0) is 14.3 Å². The van der Waals surface area contributed by atoms with Crippen LogP contribution >= 0.6 is 0 Å². The largest absolute Gasteiger partial charge is 0.480 e. The van der Waals surface area contributed by atoms with E-state index in [1.54, 1.807) is 0 Å². The molecule has 0 heterocycles. The van der Waals surface area contributed by atoms with Gasteiger partial charge in [-0.1, -0.05) is 19.1 Å². The van der Waals surface area contributed by atoms with Gasteiger partial charge in [0.25, 0.3) is 5.69 Å². The number of ether oxygens (including phenoxy) is 1. The maximum Gasteiger partial charge on any atom is 0.323 e. The topological polar surface area (TPSA) is 107 Å². The summed E-state index contributed by atoms with van der Waals surface area (Å²) in [4.78, 5) is 34.5. The molecule has 23 heavy (non-hydrogen) atoms. The van der Waals surface area contributed by atoms with Gasteiger partial charge in [-0.25, -0.2) is 0 Å². The Morgan fingerprint density at radius 2 is 1.96 bits per heavy atom. The third-order valence-electron chi connectivity index (χ3n) is 4.70. The summed E-state index contributed by atoms with van der Waals surface area (Å²) < 4.78 is 4.78. The predicted octanol–water partition coefficient (Wildman–Crippen LogP) is 2.74. The number of aliphatic carboxylic acids is 1. The minimum atomic E-state index is -1.64. The van der Waals surface area contributed by atoms with Crippen LogP contribution in [0.5, 0.6) is 0 Å². The van der Waals surface area contributed by atoms with E-state index in [-0.39, 0.29) is 18.0 Å². The van der Waals surface area contributed by atoms with E-state index in [1.807, 2.05) is 6.92 Å². The summed E-state index contributed by atoms with van der Waals surface area (Å²) in [6.45, 7) is 2.00. The lowest BCUT2D eigenvalue weighted by molar-refractivity contribution is -0.384. The lowest BCUT2D eigenvalue weighted by Crippen LogP contribution is -2.48. The summed E-state index contributed by atoms with van der Waals surface area (Å²) in [7, 11) is 1.18. The highest BCUT2D eigenvalue weighted by atomic mass is 16.6. The molecular formula is C16H19NO6. The molecule has 0 aliphatic heterocycles. The first-order valence-electron chi connectivity index (χ1n) is 7.39. The number of carbonyl (C=O) groups excluding carboxylic acids is 1. The SMILES string of the molecule is COC(=O)C1(C(=O)O)CCC(C)CC1c1ccc([N+](=O)[O-])cc1. The van der Waals surface area contributed by atoms with E-state index < -0.39 is 28.2 Å². The number of methoxy groups -OCH3 is 1. The fourth-order valence-electron chi connectivity index (χ4n) is 3.39. The predicted molar refractivity (Wildman–Crippen MR) is 80.9 cm³/mol. The Balaban J connectivity index is 2.50. The molecule has 0 radical (unpaired) electrons. The van der Waals surface area contributed by atoms with E-state index in [4.69, 9.17) is 4.74 Å². The summed E-state index contributed by atoms with van der Waals surface area (Å²) in [5.41, 5.74) is -1.11. The van der Waals surface area contributed by atoms with Gasteiger partial charge in [0.15, 0.2) is 5.41 Å². The molecule has 0 bridgehead atoms. The van der Waals surface area contributed by atoms with Crippen LogP contribution < -0.4 is 0 Å². The van der Waals surface area contributed by atoms with Crippen LogP contribution in [0.3, 0.4) is 0 Å². The van der Waals surface area contributed by atoms with Gasteiger partial charge in [0, 0.05) is 18.1 Å². The number of rotatable bonds is 4. The average molecular weight is 321 g/mol. The normalized spacial score (nSPS) is 27.2. The molecule has 3 atom stereocenters. The van der Waals surface area contributed by atoms with E-state index in [2.05, 4.69) is 0 Å². The van der Waals surface area contributed by atoms with Crippen LogP contribution in [0.2, 0.25) is 0 Å². The third kappa shape index (κ3) is 2.91. The zero-order chi connectivity index (χ0) is 17.2. The molecule has 1 aromatic rings. The number of carbonyl (C=O) groups is 2. The quantitative estimate of drug-likeness (QED) is 0.395. The van der Waals surface area contributed by atoms with Gasteiger partial charge in [-0.15, -0.1) is 0 Å². The molecule has 0 amide bonds. The number of carboxylic acid groups (broad SMARTS) is 1. The number of benzene rings is 1. The van der Waals surface area contributed by atoms with E-state index in [9.17, 15) is 24.8 Å². The summed E-state index contributed by atoms with van der Waals surface area (Å²) in [5, 5.41) is 20.5. The van der Waals surface area contributed by atoms with Crippen molar-refractivity contribution in [2.75, 3.05) is 7.11 Å². The number of hydrogen-bond acceptors (Lipinski definition) is 5. The monoisotopic (exact) mass is 321 g/mol. The molecule has 1 N–H and O–H groups in total. The van der Waals surface area contributed by atoms with Crippen LogP contribution in [-0.4, -0.2) is 29.1 Å². The van der Waals surface area contributed by atoms with Crippen LogP contribution in [0.25, 0.3) is 0 Å². The van der Waals surface area contributed by atoms with Gasteiger partial charge in [0.2, 0.25) is 0 Å². The summed E-state index contributed by atoms with van der Waals surface area (Å²) in [5.74, 6) is -2.29. The minimum absolute atomic E-state index is 0.0726. The molecule has 0 spiro atoms. The standard InChI is InChI=1S/C16H19NO6/c1-10-7-8-16(14(18)19,15(20)23-2)13(9-10)11-3-5-12(6-4-11)17(21)22/h3-6,10,13H,7-9H2,1-2H3,(H,18,19). The number of nitrogens with zero attached hydrogens (tertiary/aromatic N) is 1. The highest BCUT2D eigenvalue weighted by molar-refractivity contribution is 6.00. The molecule has 7 nitrogen and oxygen atoms in total. The Kier molecular flexibility index (Phi) is 4.68. The first kappa shape index (κ1) is 16.9. The number of carboxylic acids is 1.